The van der Waals surface area contributed by atoms with E-state index in [-0.39, 0.29) is 11.8 Å². The van der Waals surface area contributed by atoms with Crippen LogP contribution in [0.1, 0.15) is 36.0 Å². The summed E-state index contributed by atoms with van der Waals surface area (Å²) in [4.78, 5) is 10.5. The van der Waals surface area contributed by atoms with Crippen molar-refractivity contribution in [1.29, 1.82) is 0 Å². The van der Waals surface area contributed by atoms with Gasteiger partial charge in [0, 0.05) is 6.07 Å². The maximum atomic E-state index is 10.5. The number of carboxylic acid groups (broad SMARTS) is 1. The molecule has 0 amide bonds. The first-order valence-electron chi connectivity index (χ1n) is 5.21. The van der Waals surface area contributed by atoms with E-state index in [1.165, 1.54) is 6.07 Å². The van der Waals surface area contributed by atoms with Crippen molar-refractivity contribution in [3.05, 3.63) is 17.5 Å². The van der Waals surface area contributed by atoms with E-state index in [0.717, 1.165) is 6.42 Å². The van der Waals surface area contributed by atoms with Crippen LogP contribution in [0, 0.1) is 0 Å². The number of aromatic nitrogens is 1. The van der Waals surface area contributed by atoms with Gasteiger partial charge in [0.2, 0.25) is 0 Å². The number of carboxylic acids is 1. The number of hydrogen-bond acceptors (Lipinski definition) is 5. The summed E-state index contributed by atoms with van der Waals surface area (Å²) in [6.45, 7) is 2.98. The predicted octanol–water partition coefficient (Wildman–Crippen LogP) is 0.623. The molecule has 0 saturated carbocycles. The standard InChI is InChI=1S/C10H16N2O4/c1-2-7(13)3-4-11-6-8-5-9(10(14)15)12-16-8/h5,7,11,13H,2-4,6H2,1H3,(H,14,15). The molecule has 0 aliphatic heterocycles. The van der Waals surface area contributed by atoms with Gasteiger partial charge >= 0.3 is 5.97 Å². The monoisotopic (exact) mass is 228 g/mol. The van der Waals surface area contributed by atoms with Gasteiger partial charge in [0.25, 0.3) is 0 Å². The Morgan fingerprint density at radius 1 is 1.69 bits per heavy atom. The zero-order chi connectivity index (χ0) is 12.0. The minimum Gasteiger partial charge on any atom is -0.476 e. The second kappa shape index (κ2) is 6.24. The SMILES string of the molecule is CCC(O)CCNCc1cc(C(=O)O)no1. The van der Waals surface area contributed by atoms with Crippen LogP contribution in [0.4, 0.5) is 0 Å². The summed E-state index contributed by atoms with van der Waals surface area (Å²) >= 11 is 0. The lowest BCUT2D eigenvalue weighted by molar-refractivity contribution is 0.0685. The van der Waals surface area contributed by atoms with Gasteiger partial charge in [-0.15, -0.1) is 0 Å². The van der Waals surface area contributed by atoms with Gasteiger partial charge in [0.15, 0.2) is 11.5 Å². The van der Waals surface area contributed by atoms with E-state index < -0.39 is 5.97 Å². The Balaban J connectivity index is 2.24. The van der Waals surface area contributed by atoms with Gasteiger partial charge in [-0.3, -0.25) is 0 Å². The fourth-order valence-electron chi connectivity index (χ4n) is 1.18. The zero-order valence-corrected chi connectivity index (χ0v) is 9.14. The summed E-state index contributed by atoms with van der Waals surface area (Å²) in [7, 11) is 0. The highest BCUT2D eigenvalue weighted by molar-refractivity contribution is 5.85. The second-order valence-corrected chi connectivity index (χ2v) is 3.51. The third-order valence-corrected chi connectivity index (χ3v) is 2.20. The molecule has 0 aromatic carbocycles. The van der Waals surface area contributed by atoms with Crippen molar-refractivity contribution in [3.63, 3.8) is 0 Å². The molecule has 6 heteroatoms. The quantitative estimate of drug-likeness (QED) is 0.592. The normalized spacial score (nSPS) is 12.6. The van der Waals surface area contributed by atoms with Crippen molar-refractivity contribution in [1.82, 2.24) is 10.5 Å². The lowest BCUT2D eigenvalue weighted by atomic mass is 10.2. The van der Waals surface area contributed by atoms with Crippen LogP contribution in [-0.4, -0.2) is 34.0 Å². The average Bonchev–Trinajstić information content (AvgIpc) is 2.72. The molecular formula is C10H16N2O4. The maximum absolute atomic E-state index is 10.5. The van der Waals surface area contributed by atoms with Crippen LogP contribution in [0.5, 0.6) is 0 Å². The largest absolute Gasteiger partial charge is 0.476 e. The van der Waals surface area contributed by atoms with E-state index in [0.29, 0.717) is 25.3 Å². The first-order valence-corrected chi connectivity index (χ1v) is 5.21. The topological polar surface area (TPSA) is 95.6 Å². The van der Waals surface area contributed by atoms with Crippen LogP contribution in [0.25, 0.3) is 0 Å². The number of rotatable bonds is 7. The van der Waals surface area contributed by atoms with Crippen LogP contribution >= 0.6 is 0 Å². The molecule has 1 atom stereocenters. The lowest BCUT2D eigenvalue weighted by Crippen LogP contribution is -2.19. The number of carbonyl (C=O) groups is 1. The van der Waals surface area contributed by atoms with Gasteiger partial charge in [0.05, 0.1) is 12.6 Å². The van der Waals surface area contributed by atoms with Crippen molar-refractivity contribution in [2.24, 2.45) is 0 Å². The van der Waals surface area contributed by atoms with Crippen LogP contribution in [-0.2, 0) is 6.54 Å². The Kier molecular flexibility index (Phi) is 4.94. The molecule has 0 radical (unpaired) electrons. The van der Waals surface area contributed by atoms with E-state index in [4.69, 9.17) is 9.63 Å². The number of hydrogen-bond donors (Lipinski definition) is 3. The molecule has 0 aliphatic carbocycles. The Bertz CT molecular complexity index is 337. The molecule has 90 valence electrons. The Morgan fingerprint density at radius 2 is 2.44 bits per heavy atom. The zero-order valence-electron chi connectivity index (χ0n) is 9.14. The molecule has 0 saturated heterocycles. The summed E-state index contributed by atoms with van der Waals surface area (Å²) in [5, 5.41) is 24.3. The Morgan fingerprint density at radius 3 is 3.00 bits per heavy atom. The van der Waals surface area contributed by atoms with Crippen LogP contribution < -0.4 is 5.32 Å². The Hall–Kier alpha value is -1.40. The van der Waals surface area contributed by atoms with E-state index in [9.17, 15) is 9.90 Å². The van der Waals surface area contributed by atoms with Gasteiger partial charge in [0.1, 0.15) is 0 Å². The number of aliphatic hydroxyl groups is 1. The van der Waals surface area contributed by atoms with Crippen molar-refractivity contribution in [2.75, 3.05) is 6.54 Å². The van der Waals surface area contributed by atoms with E-state index in [2.05, 4.69) is 10.5 Å². The fraction of sp³-hybridized carbons (Fsp3) is 0.600. The molecule has 1 aromatic heterocycles. The van der Waals surface area contributed by atoms with Crippen LogP contribution in [0.15, 0.2) is 10.6 Å². The number of nitrogens with zero attached hydrogens (tertiary/aromatic N) is 1. The molecule has 3 N–H and O–H groups in total. The van der Waals surface area contributed by atoms with Crippen molar-refractivity contribution >= 4 is 5.97 Å². The fourth-order valence-corrected chi connectivity index (χ4v) is 1.18. The summed E-state index contributed by atoms with van der Waals surface area (Å²) < 4.78 is 4.80. The molecular weight excluding hydrogens is 212 g/mol. The smallest absolute Gasteiger partial charge is 0.358 e. The van der Waals surface area contributed by atoms with E-state index in [1.54, 1.807) is 0 Å². The van der Waals surface area contributed by atoms with E-state index >= 15 is 0 Å². The number of aromatic carboxylic acids is 1. The van der Waals surface area contributed by atoms with Gasteiger partial charge in [-0.25, -0.2) is 4.79 Å². The third kappa shape index (κ3) is 4.00. The predicted molar refractivity (Wildman–Crippen MR) is 56.1 cm³/mol. The molecule has 1 rings (SSSR count). The summed E-state index contributed by atoms with van der Waals surface area (Å²) in [5.74, 6) is -0.625. The summed E-state index contributed by atoms with van der Waals surface area (Å²) in [5.41, 5.74) is -0.0922. The third-order valence-electron chi connectivity index (χ3n) is 2.20. The van der Waals surface area contributed by atoms with Gasteiger partial charge in [-0.1, -0.05) is 12.1 Å². The minimum absolute atomic E-state index is 0.0922. The molecule has 0 fully saturated rings. The molecule has 1 aromatic rings. The lowest BCUT2D eigenvalue weighted by Gasteiger charge is -2.06. The van der Waals surface area contributed by atoms with Gasteiger partial charge in [-0.05, 0) is 19.4 Å². The second-order valence-electron chi connectivity index (χ2n) is 3.51. The van der Waals surface area contributed by atoms with Gasteiger partial charge in [-0.2, -0.15) is 0 Å². The summed E-state index contributed by atoms with van der Waals surface area (Å²) in [6.07, 6.45) is 1.10. The molecule has 1 heterocycles. The number of nitrogens with one attached hydrogen (secondary N) is 1. The Labute approximate surface area is 93.3 Å². The highest BCUT2D eigenvalue weighted by atomic mass is 16.5. The number of aliphatic hydroxyl groups excluding tert-OH is 1. The van der Waals surface area contributed by atoms with Crippen molar-refractivity contribution in [2.45, 2.75) is 32.4 Å². The highest BCUT2D eigenvalue weighted by Crippen LogP contribution is 2.03. The highest BCUT2D eigenvalue weighted by Gasteiger charge is 2.10. The maximum Gasteiger partial charge on any atom is 0.358 e. The minimum atomic E-state index is -1.10. The molecule has 1 unspecified atom stereocenters. The first-order chi connectivity index (χ1) is 7.63. The van der Waals surface area contributed by atoms with E-state index in [1.807, 2.05) is 6.92 Å². The first kappa shape index (κ1) is 12.7. The molecule has 0 spiro atoms. The van der Waals surface area contributed by atoms with Crippen molar-refractivity contribution < 1.29 is 19.5 Å². The van der Waals surface area contributed by atoms with Crippen LogP contribution in [0.2, 0.25) is 0 Å². The van der Waals surface area contributed by atoms with Crippen molar-refractivity contribution in [3.8, 4) is 0 Å². The molecule has 0 bridgehead atoms. The summed E-state index contributed by atoms with van der Waals surface area (Å²) in [6, 6.07) is 1.38. The molecule has 16 heavy (non-hydrogen) atoms. The van der Waals surface area contributed by atoms with Gasteiger partial charge < -0.3 is 20.1 Å². The average molecular weight is 228 g/mol. The molecule has 0 aliphatic rings. The van der Waals surface area contributed by atoms with Crippen LogP contribution in [0.3, 0.4) is 0 Å². The molecule has 6 nitrogen and oxygen atoms in total.